The van der Waals surface area contributed by atoms with E-state index in [1.54, 1.807) is 32.9 Å². The Morgan fingerprint density at radius 1 is 1.00 bits per heavy atom. The Balaban J connectivity index is 1.28. The van der Waals surface area contributed by atoms with Crippen molar-refractivity contribution in [3.05, 3.63) is 77.9 Å². The number of imide groups is 1. The number of hydrogen-bond donors (Lipinski definition) is 4. The SMILES string of the molecule is CC(NC(=O)OC(C)(C)C)C(=O)Nc1ccc(C(=O)N2C[C@H](S(=O)(=O)c3ccc4c(c3-c3ccccc3)CCN4)NC2=O)cc1. The molecule has 4 N–H and O–H groups in total. The quantitative estimate of drug-likeness (QED) is 0.302. The summed E-state index contributed by atoms with van der Waals surface area (Å²) in [4.78, 5) is 51.6. The molecule has 45 heavy (non-hydrogen) atoms. The molecule has 0 spiro atoms. The maximum atomic E-state index is 14.0. The van der Waals surface area contributed by atoms with Crippen molar-refractivity contribution in [1.29, 1.82) is 0 Å². The topological polar surface area (TPSA) is 163 Å². The molecule has 3 aromatic rings. The lowest BCUT2D eigenvalue weighted by Gasteiger charge is -2.21. The molecule has 5 amide bonds. The molecule has 13 heteroatoms. The van der Waals surface area contributed by atoms with Crippen LogP contribution in [0.3, 0.4) is 0 Å². The summed E-state index contributed by atoms with van der Waals surface area (Å²) in [6, 6.07) is 16.5. The molecule has 2 aliphatic heterocycles. The average Bonchev–Trinajstić information content (AvgIpc) is 3.63. The molecule has 236 valence electrons. The number of urea groups is 1. The first-order chi connectivity index (χ1) is 21.2. The summed E-state index contributed by atoms with van der Waals surface area (Å²) in [6.07, 6.45) is -0.0834. The first-order valence-electron chi connectivity index (χ1n) is 14.5. The van der Waals surface area contributed by atoms with Crippen LogP contribution in [0.25, 0.3) is 11.1 Å². The van der Waals surface area contributed by atoms with Gasteiger partial charge in [0.2, 0.25) is 15.7 Å². The van der Waals surface area contributed by atoms with Crippen LogP contribution in [0.1, 0.15) is 43.6 Å². The Hall–Kier alpha value is -4.91. The molecule has 3 aromatic carbocycles. The Morgan fingerprint density at radius 3 is 2.36 bits per heavy atom. The number of rotatable bonds is 7. The number of sulfone groups is 1. The van der Waals surface area contributed by atoms with Crippen molar-refractivity contribution in [3.8, 4) is 11.1 Å². The highest BCUT2D eigenvalue weighted by Gasteiger charge is 2.43. The van der Waals surface area contributed by atoms with Crippen LogP contribution in [0.5, 0.6) is 0 Å². The van der Waals surface area contributed by atoms with Gasteiger partial charge < -0.3 is 26.0 Å². The van der Waals surface area contributed by atoms with Gasteiger partial charge in [-0.1, -0.05) is 30.3 Å². The summed E-state index contributed by atoms with van der Waals surface area (Å²) in [7, 11) is -4.11. The van der Waals surface area contributed by atoms with Gasteiger partial charge in [-0.25, -0.2) is 18.0 Å². The van der Waals surface area contributed by atoms with E-state index in [1.807, 2.05) is 30.3 Å². The zero-order valence-electron chi connectivity index (χ0n) is 25.3. The number of hydrogen-bond acceptors (Lipinski definition) is 8. The van der Waals surface area contributed by atoms with Gasteiger partial charge in [-0.3, -0.25) is 14.5 Å². The molecule has 2 heterocycles. The normalized spacial score (nSPS) is 16.7. The van der Waals surface area contributed by atoms with Gasteiger partial charge in [-0.05, 0) is 81.6 Å². The molecule has 1 unspecified atom stereocenters. The zero-order valence-corrected chi connectivity index (χ0v) is 26.2. The smallest absolute Gasteiger partial charge is 0.408 e. The van der Waals surface area contributed by atoms with Gasteiger partial charge in [0.1, 0.15) is 11.6 Å². The second-order valence-electron chi connectivity index (χ2n) is 11.8. The first kappa shape index (κ1) is 31.5. The molecule has 0 radical (unpaired) electrons. The van der Waals surface area contributed by atoms with E-state index in [9.17, 15) is 27.6 Å². The highest BCUT2D eigenvalue weighted by Crippen LogP contribution is 2.39. The molecule has 0 aromatic heterocycles. The highest BCUT2D eigenvalue weighted by atomic mass is 32.2. The third-order valence-corrected chi connectivity index (χ3v) is 9.33. The lowest BCUT2D eigenvalue weighted by molar-refractivity contribution is -0.117. The molecule has 0 aliphatic carbocycles. The second kappa shape index (κ2) is 12.2. The van der Waals surface area contributed by atoms with Crippen molar-refractivity contribution >= 4 is 45.2 Å². The molecule has 0 bridgehead atoms. The van der Waals surface area contributed by atoms with Crippen LogP contribution in [0.4, 0.5) is 21.0 Å². The Morgan fingerprint density at radius 2 is 1.69 bits per heavy atom. The Labute approximate surface area is 261 Å². The number of ether oxygens (including phenoxy) is 1. The number of carbonyl (C=O) groups is 4. The van der Waals surface area contributed by atoms with Gasteiger partial charge in [-0.15, -0.1) is 0 Å². The molecule has 2 aliphatic rings. The van der Waals surface area contributed by atoms with Crippen molar-refractivity contribution in [3.63, 3.8) is 0 Å². The first-order valence-corrected chi connectivity index (χ1v) is 16.0. The number of fused-ring (bicyclic) bond motifs is 1. The number of benzene rings is 3. The average molecular weight is 634 g/mol. The molecule has 2 atom stereocenters. The van der Waals surface area contributed by atoms with Crippen molar-refractivity contribution in [2.45, 2.75) is 56.0 Å². The Bertz CT molecular complexity index is 1750. The van der Waals surface area contributed by atoms with Crippen molar-refractivity contribution in [2.24, 2.45) is 0 Å². The lowest BCUT2D eigenvalue weighted by atomic mass is 9.98. The third kappa shape index (κ3) is 6.78. The minimum Gasteiger partial charge on any atom is -0.444 e. The number of nitrogens with one attached hydrogen (secondary N) is 4. The standard InChI is InChI=1S/C32H35N5O7S/c1-19(34-31(41)44-32(2,3)4)28(38)35-22-12-10-21(11-13-22)29(39)37-18-26(36-30(37)40)45(42,43)25-15-14-24-23(16-17-33-24)27(25)20-8-6-5-7-9-20/h5-15,19,26,33H,16-18H2,1-4H3,(H,34,41)(H,35,38)(H,36,40)/t19?,26-/m0/s1. The number of carbonyl (C=O) groups excluding carboxylic acids is 4. The largest absolute Gasteiger partial charge is 0.444 e. The molecular formula is C32H35N5O7S. The van der Waals surface area contributed by atoms with E-state index in [0.29, 0.717) is 24.2 Å². The summed E-state index contributed by atoms with van der Waals surface area (Å²) in [5.74, 6) is -1.20. The molecule has 12 nitrogen and oxygen atoms in total. The van der Waals surface area contributed by atoms with E-state index >= 15 is 0 Å². The van der Waals surface area contributed by atoms with Crippen LogP contribution in [0.2, 0.25) is 0 Å². The molecular weight excluding hydrogens is 598 g/mol. The van der Waals surface area contributed by atoms with Crippen LogP contribution in [0.15, 0.2) is 71.6 Å². The van der Waals surface area contributed by atoms with Gasteiger partial charge in [0.15, 0.2) is 5.37 Å². The van der Waals surface area contributed by atoms with Gasteiger partial charge in [0.05, 0.1) is 11.4 Å². The van der Waals surface area contributed by atoms with Crippen molar-refractivity contribution in [2.75, 3.05) is 23.7 Å². The molecule has 1 saturated heterocycles. The van der Waals surface area contributed by atoms with Gasteiger partial charge >= 0.3 is 12.1 Å². The predicted molar refractivity (Wildman–Crippen MR) is 169 cm³/mol. The maximum Gasteiger partial charge on any atom is 0.408 e. The Kier molecular flexibility index (Phi) is 8.57. The fourth-order valence-electron chi connectivity index (χ4n) is 5.20. The fourth-order valence-corrected chi connectivity index (χ4v) is 6.89. The molecule has 1 fully saturated rings. The zero-order chi connectivity index (χ0) is 32.5. The van der Waals surface area contributed by atoms with Gasteiger partial charge in [0, 0.05) is 29.0 Å². The van der Waals surface area contributed by atoms with E-state index in [1.165, 1.54) is 31.2 Å². The van der Waals surface area contributed by atoms with E-state index in [0.717, 1.165) is 21.7 Å². The summed E-state index contributed by atoms with van der Waals surface area (Å²) in [5, 5.41) is 9.50. The summed E-state index contributed by atoms with van der Waals surface area (Å²) in [5.41, 5.74) is 2.84. The summed E-state index contributed by atoms with van der Waals surface area (Å²) >= 11 is 0. The third-order valence-electron chi connectivity index (χ3n) is 7.36. The summed E-state index contributed by atoms with van der Waals surface area (Å²) in [6.45, 7) is 6.92. The second-order valence-corrected chi connectivity index (χ2v) is 13.9. The van der Waals surface area contributed by atoms with Crippen molar-refractivity contribution < 1.29 is 32.3 Å². The predicted octanol–water partition coefficient (Wildman–Crippen LogP) is 4.14. The monoisotopic (exact) mass is 633 g/mol. The maximum absolute atomic E-state index is 14.0. The summed E-state index contributed by atoms with van der Waals surface area (Å²) < 4.78 is 33.1. The van der Waals surface area contributed by atoms with Crippen LogP contribution in [-0.2, 0) is 25.8 Å². The number of nitrogens with zero attached hydrogens (tertiary/aromatic N) is 1. The van der Waals surface area contributed by atoms with Gasteiger partial charge in [0.25, 0.3) is 5.91 Å². The van der Waals surface area contributed by atoms with E-state index < -0.39 is 50.8 Å². The van der Waals surface area contributed by atoms with Crippen LogP contribution in [-0.4, -0.2) is 67.4 Å². The van der Waals surface area contributed by atoms with Crippen LogP contribution >= 0.6 is 0 Å². The minimum absolute atomic E-state index is 0.0891. The van der Waals surface area contributed by atoms with E-state index in [-0.39, 0.29) is 17.0 Å². The van der Waals surface area contributed by atoms with Crippen LogP contribution in [0, 0.1) is 0 Å². The lowest BCUT2D eigenvalue weighted by Crippen LogP contribution is -2.43. The minimum atomic E-state index is -4.11. The van der Waals surface area contributed by atoms with E-state index in [2.05, 4.69) is 21.3 Å². The number of amides is 5. The molecule has 5 rings (SSSR count). The van der Waals surface area contributed by atoms with Crippen LogP contribution < -0.4 is 21.3 Å². The van der Waals surface area contributed by atoms with Crippen molar-refractivity contribution in [1.82, 2.24) is 15.5 Å². The highest BCUT2D eigenvalue weighted by molar-refractivity contribution is 7.92. The number of anilines is 2. The molecule has 0 saturated carbocycles. The number of alkyl carbamates (subject to hydrolysis) is 1. The van der Waals surface area contributed by atoms with Gasteiger partial charge in [-0.2, -0.15) is 0 Å². The van der Waals surface area contributed by atoms with E-state index in [4.69, 9.17) is 4.74 Å². The fraction of sp³-hybridized carbons (Fsp3) is 0.312.